The summed E-state index contributed by atoms with van der Waals surface area (Å²) in [5.74, 6) is -0.390. The highest BCUT2D eigenvalue weighted by Crippen LogP contribution is 2.31. The van der Waals surface area contributed by atoms with Crippen molar-refractivity contribution >= 4 is 17.3 Å². The molecule has 1 saturated heterocycles. The molecule has 2 rings (SSSR count). The summed E-state index contributed by atoms with van der Waals surface area (Å²) < 4.78 is 0. The zero-order valence-electron chi connectivity index (χ0n) is 15.1. The van der Waals surface area contributed by atoms with E-state index < -0.39 is 16.4 Å². The summed E-state index contributed by atoms with van der Waals surface area (Å²) in [5.41, 5.74) is -0.283. The molecule has 25 heavy (non-hydrogen) atoms. The molecule has 138 valence electrons. The fourth-order valence-electron chi connectivity index (χ4n) is 3.01. The molecule has 1 aliphatic rings. The van der Waals surface area contributed by atoms with E-state index in [-0.39, 0.29) is 23.7 Å². The van der Waals surface area contributed by atoms with Crippen molar-refractivity contribution in [3.63, 3.8) is 0 Å². The number of rotatable bonds is 7. The number of nitro groups is 1. The molecule has 0 aromatic heterocycles. The maximum atomic E-state index is 12.4. The summed E-state index contributed by atoms with van der Waals surface area (Å²) in [6, 6.07) is 4.57. The lowest BCUT2D eigenvalue weighted by atomic mass is 9.88. The molecule has 2 N–H and O–H groups in total. The number of benzene rings is 1. The molecule has 1 amide bonds. The standard InChI is InChI=1S/C18H27N3O4/c1-4-13(2)18(3,23)12-19-17(22)14-7-8-15(16(11-14)21(24)25)20-9-5-6-10-20/h7-8,11,13,23H,4-6,9-10,12H2,1-3H3,(H,19,22). The molecule has 7 heteroatoms. The zero-order valence-corrected chi connectivity index (χ0v) is 15.1. The summed E-state index contributed by atoms with van der Waals surface area (Å²) in [6.45, 7) is 7.26. The molecule has 1 heterocycles. The van der Waals surface area contributed by atoms with E-state index in [0.29, 0.717) is 5.69 Å². The molecule has 2 atom stereocenters. The molecule has 1 aromatic rings. The summed E-state index contributed by atoms with van der Waals surface area (Å²) in [4.78, 5) is 25.3. The molecular formula is C18H27N3O4. The van der Waals surface area contributed by atoms with Gasteiger partial charge >= 0.3 is 0 Å². The molecular weight excluding hydrogens is 322 g/mol. The van der Waals surface area contributed by atoms with Crippen LogP contribution in [0, 0.1) is 16.0 Å². The average Bonchev–Trinajstić information content (AvgIpc) is 3.12. The molecule has 1 fully saturated rings. The van der Waals surface area contributed by atoms with Crippen molar-refractivity contribution in [2.24, 2.45) is 5.92 Å². The number of nitro benzene ring substituents is 1. The van der Waals surface area contributed by atoms with Crippen molar-refractivity contribution in [1.29, 1.82) is 0 Å². The Hall–Kier alpha value is -2.15. The maximum absolute atomic E-state index is 12.4. The number of nitrogens with zero attached hydrogens (tertiary/aromatic N) is 2. The van der Waals surface area contributed by atoms with E-state index in [1.165, 1.54) is 6.07 Å². The lowest BCUT2D eigenvalue weighted by Gasteiger charge is -2.29. The van der Waals surface area contributed by atoms with Gasteiger partial charge in [0.15, 0.2) is 0 Å². The van der Waals surface area contributed by atoms with Crippen LogP contribution >= 0.6 is 0 Å². The fraction of sp³-hybridized carbons (Fsp3) is 0.611. The fourth-order valence-corrected chi connectivity index (χ4v) is 3.01. The number of hydrogen-bond donors (Lipinski definition) is 2. The molecule has 0 radical (unpaired) electrons. The Morgan fingerprint density at radius 3 is 2.64 bits per heavy atom. The topological polar surface area (TPSA) is 95.7 Å². The van der Waals surface area contributed by atoms with Crippen molar-refractivity contribution in [3.8, 4) is 0 Å². The largest absolute Gasteiger partial charge is 0.388 e. The Kier molecular flexibility index (Phi) is 6.00. The lowest BCUT2D eigenvalue weighted by Crippen LogP contribution is -2.45. The van der Waals surface area contributed by atoms with Crippen LogP contribution in [-0.4, -0.2) is 41.2 Å². The van der Waals surface area contributed by atoms with Crippen molar-refractivity contribution < 1.29 is 14.8 Å². The van der Waals surface area contributed by atoms with Crippen molar-refractivity contribution in [1.82, 2.24) is 5.32 Å². The second-order valence-electron chi connectivity index (χ2n) is 7.00. The van der Waals surface area contributed by atoms with Gasteiger partial charge in [-0.05, 0) is 37.8 Å². The third kappa shape index (κ3) is 4.48. The molecule has 1 aliphatic heterocycles. The Morgan fingerprint density at radius 1 is 1.44 bits per heavy atom. The molecule has 1 aromatic carbocycles. The van der Waals surface area contributed by atoms with E-state index in [1.807, 2.05) is 18.7 Å². The SMILES string of the molecule is CCC(C)C(C)(O)CNC(=O)c1ccc(N2CCCC2)c([N+](=O)[O-])c1. The highest BCUT2D eigenvalue weighted by atomic mass is 16.6. The van der Waals surface area contributed by atoms with Gasteiger partial charge in [0.2, 0.25) is 0 Å². The highest BCUT2D eigenvalue weighted by Gasteiger charge is 2.28. The average molecular weight is 349 g/mol. The summed E-state index contributed by atoms with van der Waals surface area (Å²) in [7, 11) is 0. The number of anilines is 1. The van der Waals surface area contributed by atoms with Crippen LogP contribution in [0.15, 0.2) is 18.2 Å². The molecule has 0 spiro atoms. The summed E-state index contributed by atoms with van der Waals surface area (Å²) in [5, 5.41) is 24.5. The van der Waals surface area contributed by atoms with E-state index in [9.17, 15) is 20.0 Å². The molecule has 7 nitrogen and oxygen atoms in total. The van der Waals surface area contributed by atoms with E-state index in [0.717, 1.165) is 32.4 Å². The Morgan fingerprint density at radius 2 is 2.08 bits per heavy atom. The smallest absolute Gasteiger partial charge is 0.293 e. The van der Waals surface area contributed by atoms with Gasteiger partial charge in [-0.25, -0.2) is 0 Å². The third-order valence-corrected chi connectivity index (χ3v) is 5.16. The normalized spacial score (nSPS) is 17.8. The van der Waals surface area contributed by atoms with Crippen molar-refractivity contribution in [2.45, 2.75) is 45.6 Å². The van der Waals surface area contributed by atoms with E-state index in [2.05, 4.69) is 5.32 Å². The van der Waals surface area contributed by atoms with Crippen LogP contribution in [0.3, 0.4) is 0 Å². The first kappa shape index (κ1) is 19.2. The van der Waals surface area contributed by atoms with Gasteiger partial charge < -0.3 is 15.3 Å². The summed E-state index contributed by atoms with van der Waals surface area (Å²) in [6.07, 6.45) is 2.83. The Labute approximate surface area is 148 Å². The number of hydrogen-bond acceptors (Lipinski definition) is 5. The van der Waals surface area contributed by atoms with Gasteiger partial charge in [0.25, 0.3) is 11.6 Å². The third-order valence-electron chi connectivity index (χ3n) is 5.16. The minimum Gasteiger partial charge on any atom is -0.388 e. The maximum Gasteiger partial charge on any atom is 0.293 e. The molecule has 0 saturated carbocycles. The second kappa shape index (κ2) is 7.82. The van der Waals surface area contributed by atoms with Crippen LogP contribution < -0.4 is 10.2 Å². The quantitative estimate of drug-likeness (QED) is 0.583. The van der Waals surface area contributed by atoms with Gasteiger partial charge in [-0.1, -0.05) is 20.3 Å². The van der Waals surface area contributed by atoms with Crippen LogP contribution in [0.25, 0.3) is 0 Å². The number of amides is 1. The molecule has 2 unspecified atom stereocenters. The lowest BCUT2D eigenvalue weighted by molar-refractivity contribution is -0.384. The van der Waals surface area contributed by atoms with Gasteiger partial charge in [-0.15, -0.1) is 0 Å². The van der Waals surface area contributed by atoms with Gasteiger partial charge in [-0.2, -0.15) is 0 Å². The Bertz CT molecular complexity index is 639. The van der Waals surface area contributed by atoms with Crippen LogP contribution in [0.2, 0.25) is 0 Å². The first-order chi connectivity index (χ1) is 11.8. The number of carbonyl (C=O) groups excluding carboxylic acids is 1. The minimum absolute atomic E-state index is 0.0275. The van der Waals surface area contributed by atoms with Crippen LogP contribution in [0.1, 0.15) is 50.4 Å². The highest BCUT2D eigenvalue weighted by molar-refractivity contribution is 5.95. The molecule has 0 bridgehead atoms. The van der Waals surface area contributed by atoms with E-state index in [4.69, 9.17) is 0 Å². The van der Waals surface area contributed by atoms with Crippen LogP contribution in [0.4, 0.5) is 11.4 Å². The van der Waals surface area contributed by atoms with Crippen molar-refractivity contribution in [2.75, 3.05) is 24.5 Å². The van der Waals surface area contributed by atoms with Crippen LogP contribution in [0.5, 0.6) is 0 Å². The van der Waals surface area contributed by atoms with E-state index in [1.54, 1.807) is 19.1 Å². The van der Waals surface area contributed by atoms with Gasteiger partial charge in [0.05, 0.1) is 10.5 Å². The zero-order chi connectivity index (χ0) is 18.6. The monoisotopic (exact) mass is 349 g/mol. The van der Waals surface area contributed by atoms with Crippen LogP contribution in [-0.2, 0) is 0 Å². The molecule has 0 aliphatic carbocycles. The number of aliphatic hydroxyl groups is 1. The first-order valence-corrected chi connectivity index (χ1v) is 8.80. The Balaban J connectivity index is 2.15. The van der Waals surface area contributed by atoms with Gasteiger partial charge in [0, 0.05) is 31.3 Å². The summed E-state index contributed by atoms with van der Waals surface area (Å²) >= 11 is 0. The van der Waals surface area contributed by atoms with Gasteiger partial charge in [0.1, 0.15) is 5.69 Å². The van der Waals surface area contributed by atoms with E-state index >= 15 is 0 Å². The predicted molar refractivity (Wildman–Crippen MR) is 97.0 cm³/mol. The number of nitrogens with one attached hydrogen (secondary N) is 1. The van der Waals surface area contributed by atoms with Gasteiger partial charge in [-0.3, -0.25) is 14.9 Å². The van der Waals surface area contributed by atoms with Crippen molar-refractivity contribution in [3.05, 3.63) is 33.9 Å². The minimum atomic E-state index is -1.02. The number of carbonyl (C=O) groups is 1. The second-order valence-corrected chi connectivity index (χ2v) is 7.00. The first-order valence-electron chi connectivity index (χ1n) is 8.80. The predicted octanol–water partition coefficient (Wildman–Crippen LogP) is 2.72.